The third-order valence-electron chi connectivity index (χ3n) is 3.46. The van der Waals surface area contributed by atoms with Crippen LogP contribution in [-0.4, -0.2) is 11.0 Å². The van der Waals surface area contributed by atoms with Gasteiger partial charge in [0.15, 0.2) is 0 Å². The minimum absolute atomic E-state index is 0.554. The van der Waals surface area contributed by atoms with Crippen LogP contribution in [0.5, 0.6) is 0 Å². The van der Waals surface area contributed by atoms with Gasteiger partial charge in [0.1, 0.15) is 0 Å². The molecule has 0 aromatic carbocycles. The molecule has 0 saturated heterocycles. The first kappa shape index (κ1) is 13.0. The molecule has 0 aliphatic heterocycles. The first-order valence-corrected chi connectivity index (χ1v) is 7.75. The molecular formula is C14H24N2S. The van der Waals surface area contributed by atoms with E-state index in [0.29, 0.717) is 6.04 Å². The van der Waals surface area contributed by atoms with Crippen molar-refractivity contribution in [3.63, 3.8) is 0 Å². The highest BCUT2D eigenvalue weighted by Gasteiger charge is 2.17. The molecule has 0 unspecified atom stereocenters. The quantitative estimate of drug-likeness (QED) is 0.817. The average Bonchev–Trinajstić information content (AvgIpc) is 2.60. The van der Waals surface area contributed by atoms with Gasteiger partial charge in [-0.2, -0.15) is 0 Å². The molecule has 1 aromatic rings. The topological polar surface area (TPSA) is 24.9 Å². The average molecular weight is 252 g/mol. The molecule has 2 nitrogen and oxygen atoms in total. The smallest absolute Gasteiger partial charge is 0.0959 e. The van der Waals surface area contributed by atoms with Crippen LogP contribution in [0.15, 0.2) is 6.20 Å². The summed E-state index contributed by atoms with van der Waals surface area (Å²) < 4.78 is 0. The lowest BCUT2D eigenvalue weighted by atomic mass is 10.0. The van der Waals surface area contributed by atoms with Crippen molar-refractivity contribution in [2.45, 2.75) is 70.9 Å². The normalized spacial score (nSPS) is 18.5. The van der Waals surface area contributed by atoms with Crippen LogP contribution in [0.3, 0.4) is 0 Å². The van der Waals surface area contributed by atoms with Gasteiger partial charge in [-0.3, -0.25) is 0 Å². The van der Waals surface area contributed by atoms with Gasteiger partial charge in [0.05, 0.1) is 5.01 Å². The third-order valence-corrected chi connectivity index (χ3v) is 4.62. The molecule has 96 valence electrons. The molecule has 0 spiro atoms. The number of nitrogens with zero attached hydrogens (tertiary/aromatic N) is 1. The van der Waals surface area contributed by atoms with Gasteiger partial charge in [-0.25, -0.2) is 4.98 Å². The molecule has 0 atom stereocenters. The number of thiazole rings is 1. The van der Waals surface area contributed by atoms with E-state index >= 15 is 0 Å². The van der Waals surface area contributed by atoms with Gasteiger partial charge in [-0.1, -0.05) is 39.5 Å². The zero-order valence-corrected chi connectivity index (χ0v) is 11.9. The molecule has 17 heavy (non-hydrogen) atoms. The molecule has 0 amide bonds. The van der Waals surface area contributed by atoms with Crippen molar-refractivity contribution < 1.29 is 0 Å². The molecule has 1 fully saturated rings. The lowest BCUT2D eigenvalue weighted by molar-refractivity contribution is 0.589. The van der Waals surface area contributed by atoms with E-state index in [1.807, 2.05) is 11.3 Å². The van der Waals surface area contributed by atoms with E-state index in [0.717, 1.165) is 12.5 Å². The molecule has 1 heterocycles. The van der Waals surface area contributed by atoms with Crippen LogP contribution >= 0.6 is 11.3 Å². The molecule has 1 saturated carbocycles. The van der Waals surface area contributed by atoms with Crippen LogP contribution in [0, 0.1) is 0 Å². The lowest BCUT2D eigenvalue weighted by Gasteiger charge is -2.09. The molecule has 1 aliphatic carbocycles. The zero-order valence-electron chi connectivity index (χ0n) is 11.0. The highest BCUT2D eigenvalue weighted by molar-refractivity contribution is 7.11. The maximum absolute atomic E-state index is 4.64. The maximum atomic E-state index is 4.64. The Hall–Kier alpha value is -0.410. The Morgan fingerprint density at radius 1 is 1.29 bits per heavy atom. The van der Waals surface area contributed by atoms with E-state index in [-0.39, 0.29) is 0 Å². The van der Waals surface area contributed by atoms with Crippen molar-refractivity contribution in [2.75, 3.05) is 0 Å². The van der Waals surface area contributed by atoms with E-state index < -0.39 is 0 Å². The molecule has 0 radical (unpaired) electrons. The SMILES string of the molecule is CC(C)NCc1cnc(C2CCCCCC2)s1. The summed E-state index contributed by atoms with van der Waals surface area (Å²) in [5.74, 6) is 0.746. The highest BCUT2D eigenvalue weighted by atomic mass is 32.1. The number of rotatable bonds is 4. The van der Waals surface area contributed by atoms with Crippen molar-refractivity contribution in [1.29, 1.82) is 0 Å². The maximum Gasteiger partial charge on any atom is 0.0959 e. The minimum Gasteiger partial charge on any atom is -0.310 e. The van der Waals surface area contributed by atoms with Crippen molar-refractivity contribution in [3.05, 3.63) is 16.1 Å². The molecular weight excluding hydrogens is 228 g/mol. The summed E-state index contributed by atoms with van der Waals surface area (Å²) in [7, 11) is 0. The summed E-state index contributed by atoms with van der Waals surface area (Å²) in [4.78, 5) is 6.02. The van der Waals surface area contributed by atoms with Crippen LogP contribution in [0.1, 0.15) is 68.2 Å². The summed E-state index contributed by atoms with van der Waals surface area (Å²) in [5, 5.41) is 4.84. The van der Waals surface area contributed by atoms with Gasteiger partial charge in [0.2, 0.25) is 0 Å². The Kier molecular flexibility index (Phi) is 4.99. The monoisotopic (exact) mass is 252 g/mol. The largest absolute Gasteiger partial charge is 0.310 e. The number of nitrogens with one attached hydrogen (secondary N) is 1. The number of aromatic nitrogens is 1. The van der Waals surface area contributed by atoms with Crippen molar-refractivity contribution in [3.8, 4) is 0 Å². The fraction of sp³-hybridized carbons (Fsp3) is 0.786. The highest BCUT2D eigenvalue weighted by Crippen LogP contribution is 2.33. The molecule has 3 heteroatoms. The second-order valence-corrected chi connectivity index (χ2v) is 6.54. The standard InChI is InChI=1S/C14H24N2S/c1-11(2)15-9-13-10-16-14(17-13)12-7-5-3-4-6-8-12/h10-12,15H,3-9H2,1-2H3. The van der Waals surface area contributed by atoms with Crippen molar-refractivity contribution in [1.82, 2.24) is 10.3 Å². The molecule has 1 aliphatic rings. The lowest BCUT2D eigenvalue weighted by Crippen LogP contribution is -2.21. The van der Waals surface area contributed by atoms with Gasteiger partial charge < -0.3 is 5.32 Å². The van der Waals surface area contributed by atoms with Gasteiger partial charge in [-0.15, -0.1) is 11.3 Å². The van der Waals surface area contributed by atoms with Crippen LogP contribution in [0.4, 0.5) is 0 Å². The Morgan fingerprint density at radius 2 is 2.00 bits per heavy atom. The van der Waals surface area contributed by atoms with Crippen LogP contribution < -0.4 is 5.32 Å². The fourth-order valence-electron chi connectivity index (χ4n) is 2.42. The molecule has 0 bridgehead atoms. The van der Waals surface area contributed by atoms with E-state index in [1.165, 1.54) is 48.4 Å². The summed E-state index contributed by atoms with van der Waals surface area (Å²) in [5.41, 5.74) is 0. The Morgan fingerprint density at radius 3 is 2.65 bits per heavy atom. The van der Waals surface area contributed by atoms with Gasteiger partial charge in [-0.05, 0) is 12.8 Å². The van der Waals surface area contributed by atoms with E-state index in [9.17, 15) is 0 Å². The van der Waals surface area contributed by atoms with Gasteiger partial charge >= 0.3 is 0 Å². The fourth-order valence-corrected chi connectivity index (χ4v) is 3.46. The summed E-state index contributed by atoms with van der Waals surface area (Å²) in [6.45, 7) is 5.35. The van der Waals surface area contributed by atoms with E-state index in [4.69, 9.17) is 0 Å². The van der Waals surface area contributed by atoms with Crippen LogP contribution in [0.2, 0.25) is 0 Å². The van der Waals surface area contributed by atoms with Gasteiger partial charge in [0.25, 0.3) is 0 Å². The Balaban J connectivity index is 1.92. The summed E-state index contributed by atoms with van der Waals surface area (Å²) in [6.07, 6.45) is 10.4. The Labute approximate surface area is 109 Å². The van der Waals surface area contributed by atoms with Crippen molar-refractivity contribution in [2.24, 2.45) is 0 Å². The predicted molar refractivity (Wildman–Crippen MR) is 74.5 cm³/mol. The summed E-state index contributed by atoms with van der Waals surface area (Å²) in [6, 6.07) is 0.554. The number of hydrogen-bond donors (Lipinski definition) is 1. The van der Waals surface area contributed by atoms with Gasteiger partial charge in [0, 0.05) is 29.6 Å². The predicted octanol–water partition coefficient (Wildman–Crippen LogP) is 4.08. The van der Waals surface area contributed by atoms with Crippen LogP contribution in [0.25, 0.3) is 0 Å². The van der Waals surface area contributed by atoms with E-state index in [1.54, 1.807) is 0 Å². The van der Waals surface area contributed by atoms with Crippen molar-refractivity contribution >= 4 is 11.3 Å². The van der Waals surface area contributed by atoms with Crippen LogP contribution in [-0.2, 0) is 6.54 Å². The zero-order chi connectivity index (χ0) is 12.1. The second kappa shape index (κ2) is 6.50. The first-order valence-electron chi connectivity index (χ1n) is 6.93. The Bertz CT molecular complexity index is 325. The van der Waals surface area contributed by atoms with E-state index in [2.05, 4.69) is 30.3 Å². The minimum atomic E-state index is 0.554. The third kappa shape index (κ3) is 4.07. The molecule has 2 rings (SSSR count). The molecule has 1 N–H and O–H groups in total. The molecule has 1 aromatic heterocycles. The second-order valence-electron chi connectivity index (χ2n) is 5.39. The first-order chi connectivity index (χ1) is 8.25. The summed E-state index contributed by atoms with van der Waals surface area (Å²) >= 11 is 1.92. The number of hydrogen-bond acceptors (Lipinski definition) is 3.